The summed E-state index contributed by atoms with van der Waals surface area (Å²) in [6.45, 7) is 1.80. The summed E-state index contributed by atoms with van der Waals surface area (Å²) in [5, 5.41) is 0. The number of ether oxygens (including phenoxy) is 2. The number of hydrogen-bond donors (Lipinski definition) is 1. The zero-order valence-corrected chi connectivity index (χ0v) is 10.5. The topological polar surface area (TPSA) is 64.8 Å². The fourth-order valence-electron chi connectivity index (χ4n) is 1.99. The molecule has 1 unspecified atom stereocenters. The van der Waals surface area contributed by atoms with Crippen LogP contribution in [0.3, 0.4) is 0 Å². The molecular weight excluding hydrogens is 232 g/mol. The lowest BCUT2D eigenvalue weighted by Gasteiger charge is -2.12. The van der Waals surface area contributed by atoms with Gasteiger partial charge in [-0.25, -0.2) is 4.79 Å². The van der Waals surface area contributed by atoms with Gasteiger partial charge in [0.15, 0.2) is 0 Å². The Balaban J connectivity index is 2.04. The van der Waals surface area contributed by atoms with Crippen molar-refractivity contribution in [2.75, 3.05) is 26.7 Å². The maximum atomic E-state index is 11.6. The first-order chi connectivity index (χ1) is 8.74. The summed E-state index contributed by atoms with van der Waals surface area (Å²) >= 11 is 0. The quantitative estimate of drug-likeness (QED) is 0.860. The van der Waals surface area contributed by atoms with Crippen LogP contribution in [0.15, 0.2) is 24.3 Å². The molecule has 1 fully saturated rings. The number of hydrogen-bond acceptors (Lipinski definition) is 4. The minimum Gasteiger partial charge on any atom is -0.497 e. The Hall–Kier alpha value is -1.75. The van der Waals surface area contributed by atoms with Crippen molar-refractivity contribution in [3.05, 3.63) is 29.8 Å². The maximum Gasteiger partial charge on any atom is 0.410 e. The first kappa shape index (κ1) is 12.7. The van der Waals surface area contributed by atoms with Gasteiger partial charge in [-0.3, -0.25) is 0 Å². The lowest BCUT2D eigenvalue weighted by atomic mass is 10.1. The van der Waals surface area contributed by atoms with Gasteiger partial charge in [0.05, 0.1) is 13.7 Å². The smallest absolute Gasteiger partial charge is 0.410 e. The number of amides is 1. The molecule has 0 radical (unpaired) electrons. The van der Waals surface area contributed by atoms with Gasteiger partial charge >= 0.3 is 6.09 Å². The van der Waals surface area contributed by atoms with Crippen LogP contribution in [0, 0.1) is 0 Å². The van der Waals surface area contributed by atoms with Crippen LogP contribution in [0.1, 0.15) is 18.1 Å². The highest BCUT2D eigenvalue weighted by Crippen LogP contribution is 2.28. The van der Waals surface area contributed by atoms with Crippen LogP contribution in [0.5, 0.6) is 5.75 Å². The van der Waals surface area contributed by atoms with E-state index in [2.05, 4.69) is 0 Å². The Morgan fingerprint density at radius 1 is 1.56 bits per heavy atom. The third kappa shape index (κ3) is 2.73. The molecule has 1 aromatic rings. The second-order valence-electron chi connectivity index (χ2n) is 4.24. The van der Waals surface area contributed by atoms with E-state index in [0.717, 1.165) is 17.7 Å². The number of benzene rings is 1. The number of cyclic esters (lactones) is 1. The molecular formula is C13H18N2O3. The zero-order chi connectivity index (χ0) is 13.0. The van der Waals surface area contributed by atoms with Gasteiger partial charge in [0, 0.05) is 6.54 Å². The lowest BCUT2D eigenvalue weighted by Crippen LogP contribution is -2.27. The Bertz CT molecular complexity index is 422. The summed E-state index contributed by atoms with van der Waals surface area (Å²) in [4.78, 5) is 13.3. The third-order valence-corrected chi connectivity index (χ3v) is 2.99. The average Bonchev–Trinajstić information content (AvgIpc) is 2.78. The van der Waals surface area contributed by atoms with E-state index < -0.39 is 0 Å². The van der Waals surface area contributed by atoms with Crippen molar-refractivity contribution < 1.29 is 14.3 Å². The van der Waals surface area contributed by atoms with Crippen molar-refractivity contribution in [3.8, 4) is 5.75 Å². The normalized spacial score (nSPS) is 18.9. The van der Waals surface area contributed by atoms with E-state index >= 15 is 0 Å². The first-order valence-corrected chi connectivity index (χ1v) is 6.04. The highest BCUT2D eigenvalue weighted by Gasteiger charge is 2.31. The second-order valence-corrected chi connectivity index (χ2v) is 4.24. The molecule has 1 saturated heterocycles. The van der Waals surface area contributed by atoms with Crippen LogP contribution >= 0.6 is 0 Å². The molecule has 0 bridgehead atoms. The van der Waals surface area contributed by atoms with Gasteiger partial charge in [-0.05, 0) is 30.7 Å². The molecule has 1 heterocycles. The Morgan fingerprint density at radius 3 is 3.11 bits per heavy atom. The average molecular weight is 250 g/mol. The van der Waals surface area contributed by atoms with Crippen LogP contribution in [0.2, 0.25) is 0 Å². The summed E-state index contributed by atoms with van der Waals surface area (Å²) in [6, 6.07) is 7.59. The minimum atomic E-state index is -0.267. The first-order valence-electron chi connectivity index (χ1n) is 6.04. The van der Waals surface area contributed by atoms with Crippen molar-refractivity contribution in [2.24, 2.45) is 5.73 Å². The van der Waals surface area contributed by atoms with Crippen molar-refractivity contribution in [2.45, 2.75) is 12.5 Å². The Morgan fingerprint density at radius 2 is 2.39 bits per heavy atom. The molecule has 5 nitrogen and oxygen atoms in total. The van der Waals surface area contributed by atoms with Gasteiger partial charge < -0.3 is 20.1 Å². The largest absolute Gasteiger partial charge is 0.497 e. The van der Waals surface area contributed by atoms with E-state index in [4.69, 9.17) is 15.2 Å². The van der Waals surface area contributed by atoms with Crippen molar-refractivity contribution in [1.29, 1.82) is 0 Å². The second kappa shape index (κ2) is 5.73. The number of nitrogens with two attached hydrogens (primary N) is 1. The van der Waals surface area contributed by atoms with Crippen molar-refractivity contribution >= 4 is 6.09 Å². The molecule has 1 atom stereocenters. The monoisotopic (exact) mass is 250 g/mol. The highest BCUT2D eigenvalue weighted by atomic mass is 16.6. The van der Waals surface area contributed by atoms with E-state index in [9.17, 15) is 4.79 Å². The van der Waals surface area contributed by atoms with Crippen LogP contribution in [0.4, 0.5) is 4.79 Å². The van der Waals surface area contributed by atoms with E-state index in [-0.39, 0.29) is 12.2 Å². The molecule has 1 aliphatic rings. The molecule has 1 aliphatic heterocycles. The molecule has 0 spiro atoms. The molecule has 2 rings (SSSR count). The lowest BCUT2D eigenvalue weighted by molar-refractivity contribution is 0.132. The fourth-order valence-corrected chi connectivity index (χ4v) is 1.99. The highest BCUT2D eigenvalue weighted by molar-refractivity contribution is 5.70. The molecule has 0 saturated carbocycles. The van der Waals surface area contributed by atoms with Gasteiger partial charge in [0.1, 0.15) is 11.9 Å². The molecule has 1 amide bonds. The third-order valence-electron chi connectivity index (χ3n) is 2.99. The number of nitrogens with zero attached hydrogens (tertiary/aromatic N) is 1. The van der Waals surface area contributed by atoms with Crippen molar-refractivity contribution in [3.63, 3.8) is 0 Å². The summed E-state index contributed by atoms with van der Waals surface area (Å²) in [5.74, 6) is 0.768. The zero-order valence-electron chi connectivity index (χ0n) is 10.5. The van der Waals surface area contributed by atoms with Crippen molar-refractivity contribution in [1.82, 2.24) is 4.90 Å². The minimum absolute atomic E-state index is 0.217. The van der Waals surface area contributed by atoms with Gasteiger partial charge in [0.25, 0.3) is 0 Å². The number of carbonyl (C=O) groups is 1. The molecule has 5 heteroatoms. The van der Waals surface area contributed by atoms with Gasteiger partial charge in [0.2, 0.25) is 0 Å². The predicted octanol–water partition coefficient (Wildman–Crippen LogP) is 1.54. The summed E-state index contributed by atoms with van der Waals surface area (Å²) < 4.78 is 10.5. The molecule has 0 aromatic heterocycles. The summed E-state index contributed by atoms with van der Waals surface area (Å²) in [5.41, 5.74) is 6.40. The van der Waals surface area contributed by atoms with E-state index in [0.29, 0.717) is 19.6 Å². The van der Waals surface area contributed by atoms with Gasteiger partial charge in [-0.2, -0.15) is 0 Å². The van der Waals surface area contributed by atoms with Gasteiger partial charge in [-0.1, -0.05) is 12.1 Å². The number of rotatable bonds is 5. The molecule has 98 valence electrons. The maximum absolute atomic E-state index is 11.6. The van der Waals surface area contributed by atoms with Crippen LogP contribution in [-0.2, 0) is 4.74 Å². The standard InChI is InChI=1S/C13H18N2O3/c1-17-11-5-2-4-10(8-11)12-9-15(7-3-6-14)13(16)18-12/h2,4-5,8,12H,3,6-7,9,14H2,1H3. The Kier molecular flexibility index (Phi) is 4.04. The van der Waals surface area contributed by atoms with Crippen LogP contribution in [0.25, 0.3) is 0 Å². The number of methoxy groups -OCH3 is 1. The fraction of sp³-hybridized carbons (Fsp3) is 0.462. The van der Waals surface area contributed by atoms with Gasteiger partial charge in [-0.15, -0.1) is 0 Å². The van der Waals surface area contributed by atoms with E-state index in [1.165, 1.54) is 0 Å². The van der Waals surface area contributed by atoms with Crippen LogP contribution < -0.4 is 10.5 Å². The predicted molar refractivity (Wildman–Crippen MR) is 67.5 cm³/mol. The molecule has 0 aliphatic carbocycles. The number of carbonyl (C=O) groups excluding carboxylic acids is 1. The summed E-state index contributed by atoms with van der Waals surface area (Å²) in [6.07, 6.45) is 0.307. The summed E-state index contributed by atoms with van der Waals surface area (Å²) in [7, 11) is 1.62. The van der Waals surface area contributed by atoms with E-state index in [1.807, 2.05) is 24.3 Å². The molecule has 2 N–H and O–H groups in total. The molecule has 18 heavy (non-hydrogen) atoms. The van der Waals surface area contributed by atoms with E-state index in [1.54, 1.807) is 12.0 Å². The SMILES string of the molecule is COc1cccc(C2CN(CCCN)C(=O)O2)c1. The molecule has 1 aromatic carbocycles. The van der Waals surface area contributed by atoms with Crippen LogP contribution in [-0.4, -0.2) is 37.7 Å². The Labute approximate surface area is 106 Å².